The minimum Gasteiger partial charge on any atom is -0.753 e. The number of thiocarbonyl (C=S) groups is 1. The van der Waals surface area contributed by atoms with Crippen molar-refractivity contribution in [1.82, 2.24) is 30.1 Å². The molecule has 0 spiro atoms. The summed E-state index contributed by atoms with van der Waals surface area (Å²) in [5, 5.41) is 42.8. The molecular weight excluding hydrogens is 897 g/mol. The number of carboxylic acids is 3. The van der Waals surface area contributed by atoms with Gasteiger partial charge in [0, 0.05) is 41.1 Å². The molecule has 0 unspecified atom stereocenters. The van der Waals surface area contributed by atoms with Crippen molar-refractivity contribution in [3.8, 4) is 56.4 Å². The molecule has 0 aliphatic heterocycles. The minimum atomic E-state index is -4.50. The number of nitrogens with zero attached hydrogens (tertiary/aromatic N) is 7. The van der Waals surface area contributed by atoms with Gasteiger partial charge in [-0.1, -0.05) is 55.9 Å². The number of thiophene rings is 1. The molecule has 19 heteroatoms. The van der Waals surface area contributed by atoms with Gasteiger partial charge in [-0.25, -0.2) is 19.4 Å². The van der Waals surface area contributed by atoms with Crippen LogP contribution < -0.4 is 5.10 Å². The molecule has 59 heavy (non-hydrogen) atoms. The Morgan fingerprint density at radius 3 is 1.85 bits per heavy atom. The van der Waals surface area contributed by atoms with Crippen LogP contribution in [0.4, 0.5) is 13.2 Å². The summed E-state index contributed by atoms with van der Waals surface area (Å²) in [6, 6.07) is 16.0. The normalized spacial score (nSPS) is 10.2. The largest absolute Gasteiger partial charge is 2.00 e. The topological polar surface area (TPSA) is 213 Å². The van der Waals surface area contributed by atoms with Crippen LogP contribution in [0.2, 0.25) is 0 Å². The second-order valence-corrected chi connectivity index (χ2v) is 13.1. The molecule has 0 amide bonds. The summed E-state index contributed by atoms with van der Waals surface area (Å²) in [6.45, 7) is 2.19. The Bertz CT molecular complexity index is 2420. The summed E-state index contributed by atoms with van der Waals surface area (Å²) in [5.74, 6) is 2.84. The molecule has 0 aromatic carbocycles. The van der Waals surface area contributed by atoms with E-state index in [9.17, 15) is 32.7 Å². The number of isothiocyanates is 1. The third-order valence-corrected chi connectivity index (χ3v) is 8.77. The van der Waals surface area contributed by atoms with Crippen molar-refractivity contribution in [1.29, 1.82) is 0 Å². The van der Waals surface area contributed by atoms with Crippen LogP contribution in [-0.2, 0) is 25.7 Å². The maximum absolute atomic E-state index is 12.6. The summed E-state index contributed by atoms with van der Waals surface area (Å²) in [7, 11) is 0. The van der Waals surface area contributed by atoms with E-state index in [4.69, 9.17) is 15.6 Å². The Morgan fingerprint density at radius 1 is 0.780 bits per heavy atom. The number of aromatic nitrogens is 6. The number of rotatable bonds is 11. The monoisotopic (exact) mass is 927 g/mol. The van der Waals surface area contributed by atoms with Crippen LogP contribution in [0.3, 0.4) is 0 Å². The third-order valence-electron chi connectivity index (χ3n) is 7.72. The van der Waals surface area contributed by atoms with Crippen molar-refractivity contribution in [2.45, 2.75) is 45.2 Å². The molecule has 6 rings (SSSR count). The molecule has 0 atom stereocenters. The molecule has 302 valence electrons. The molecule has 0 aliphatic rings. The standard InChI is InChI=1S/C21H19F3N3S.C18H11N3O6.CNS.Ru/c1-2-3-4-5-6-7-8-16-10-12-19(28-16)15-9-11-17(25-14-15)18-13-20(27-26-18)21(22,23)24;22-16(23)9-1-3-19-12(5-9)14-7-11(18(26)27)8-15(21-14)13-6-10(17(24)25)2-4-20-13;2-1-3;/h9-14H,2-6H2,1H3;1-8H,(H,22,23)(H,24,25)(H,26,27);;/q-1;;-1;+2. The van der Waals surface area contributed by atoms with E-state index < -0.39 is 29.8 Å². The fourth-order valence-electron chi connectivity index (χ4n) is 4.92. The average Bonchev–Trinajstić information content (AvgIpc) is 3.91. The summed E-state index contributed by atoms with van der Waals surface area (Å²) < 4.78 is 37.9. The molecule has 0 bridgehead atoms. The molecule has 0 fully saturated rings. The predicted molar refractivity (Wildman–Crippen MR) is 212 cm³/mol. The van der Waals surface area contributed by atoms with Crippen LogP contribution in [0.25, 0.3) is 50.0 Å². The Balaban J connectivity index is 0.000000291. The van der Waals surface area contributed by atoms with Gasteiger partial charge in [0.15, 0.2) is 0 Å². The maximum atomic E-state index is 12.6. The third kappa shape index (κ3) is 13.9. The fraction of sp³-hybridized carbons (Fsp3) is 0.175. The van der Waals surface area contributed by atoms with Crippen LogP contribution in [-0.4, -0.2) is 63.4 Å². The summed E-state index contributed by atoms with van der Waals surface area (Å²) in [5.41, 5.74) is 0.721. The van der Waals surface area contributed by atoms with E-state index in [1.807, 2.05) is 18.2 Å². The van der Waals surface area contributed by atoms with Crippen molar-refractivity contribution >= 4 is 46.6 Å². The van der Waals surface area contributed by atoms with Crippen molar-refractivity contribution in [3.05, 3.63) is 118 Å². The molecule has 0 radical (unpaired) electrons. The van der Waals surface area contributed by atoms with Crippen LogP contribution in [0.1, 0.15) is 80.7 Å². The quantitative estimate of drug-likeness (QED) is 0.0364. The van der Waals surface area contributed by atoms with Crippen molar-refractivity contribution in [3.63, 3.8) is 0 Å². The first kappa shape index (κ1) is 47.1. The fourth-order valence-corrected chi connectivity index (χ4v) is 5.79. The van der Waals surface area contributed by atoms with Gasteiger partial charge in [0.1, 0.15) is 5.69 Å². The van der Waals surface area contributed by atoms with Crippen LogP contribution in [0, 0.1) is 11.8 Å². The summed E-state index contributed by atoms with van der Waals surface area (Å²) in [6.07, 6.45) is 5.40. The summed E-state index contributed by atoms with van der Waals surface area (Å²) in [4.78, 5) is 52.3. The van der Waals surface area contributed by atoms with Crippen LogP contribution >= 0.6 is 23.6 Å². The maximum Gasteiger partial charge on any atom is 2.00 e. The number of hydrogen-bond acceptors (Lipinski definition) is 10. The van der Waals surface area contributed by atoms with Crippen LogP contribution in [0.15, 0.2) is 85.3 Å². The average molecular weight is 927 g/mol. The van der Waals surface area contributed by atoms with Crippen molar-refractivity contribution < 1.29 is 62.4 Å². The first-order valence-corrected chi connectivity index (χ1v) is 18.3. The van der Waals surface area contributed by atoms with Gasteiger partial charge in [0.2, 0.25) is 0 Å². The van der Waals surface area contributed by atoms with Crippen LogP contribution in [0.5, 0.6) is 0 Å². The molecule has 0 saturated carbocycles. The Morgan fingerprint density at radius 2 is 1.36 bits per heavy atom. The van der Waals surface area contributed by atoms with E-state index in [1.165, 1.54) is 73.2 Å². The van der Waals surface area contributed by atoms with E-state index in [2.05, 4.69) is 61.1 Å². The van der Waals surface area contributed by atoms with E-state index >= 15 is 0 Å². The van der Waals surface area contributed by atoms with Gasteiger partial charge in [-0.15, -0.1) is 11.3 Å². The molecule has 0 aliphatic carbocycles. The van der Waals surface area contributed by atoms with E-state index in [0.29, 0.717) is 5.69 Å². The second-order valence-electron chi connectivity index (χ2n) is 11.8. The number of unbranched alkanes of at least 4 members (excludes halogenated alkanes) is 4. The van der Waals surface area contributed by atoms with Crippen molar-refractivity contribution in [2.75, 3.05) is 0 Å². The molecule has 13 nitrogen and oxygen atoms in total. The Labute approximate surface area is 357 Å². The zero-order valence-corrected chi connectivity index (χ0v) is 34.0. The molecule has 6 heterocycles. The van der Waals surface area contributed by atoms with Gasteiger partial charge in [-0.05, 0) is 73.2 Å². The van der Waals surface area contributed by atoms with Gasteiger partial charge >= 0.3 is 43.6 Å². The Kier molecular flexibility index (Phi) is 18.0. The number of halogens is 3. The number of aromatic carboxylic acids is 3. The smallest absolute Gasteiger partial charge is 0.753 e. The molecular formula is C40H30F3N7O6RuS2. The molecule has 0 saturated heterocycles. The molecule has 3 N–H and O–H groups in total. The van der Waals surface area contributed by atoms with Gasteiger partial charge in [-0.3, -0.25) is 15.0 Å². The minimum absolute atomic E-state index is 0. The number of hydrogen-bond donors (Lipinski definition) is 3. The zero-order valence-electron chi connectivity index (χ0n) is 30.6. The van der Waals surface area contributed by atoms with Gasteiger partial charge in [0.25, 0.3) is 0 Å². The first-order chi connectivity index (χ1) is 27.7. The van der Waals surface area contributed by atoms with E-state index in [0.717, 1.165) is 34.2 Å². The number of alkyl halides is 3. The molecule has 6 aromatic rings. The van der Waals surface area contributed by atoms with E-state index in [-0.39, 0.29) is 64.6 Å². The number of carboxylic acid groups (broad SMARTS) is 3. The second kappa shape index (κ2) is 22.6. The van der Waals surface area contributed by atoms with Gasteiger partial charge in [-0.2, -0.15) is 18.3 Å². The predicted octanol–water partition coefficient (Wildman–Crippen LogP) is 9.13. The van der Waals surface area contributed by atoms with Crippen molar-refractivity contribution in [2.24, 2.45) is 0 Å². The SMILES string of the molecule is CCCCCCC#Cc1ccc(-c2ccc(-c3cc(C(F)(F)F)n[n-]3)nc2)s1.O=C(O)c1ccnc(-c2cc(C(=O)O)cc(-c3cc(C(=O)O)ccn3)n2)c1.[N-]=C=S.[Ru+2]. The molecule has 6 aromatic heterocycles. The number of pyridine rings is 4. The van der Waals surface area contributed by atoms with Gasteiger partial charge in [0.05, 0.1) is 44.3 Å². The summed E-state index contributed by atoms with van der Waals surface area (Å²) >= 11 is 5.27. The van der Waals surface area contributed by atoms with E-state index in [1.54, 1.807) is 23.6 Å². The zero-order chi connectivity index (χ0) is 42.2. The number of carbonyl (C=O) groups is 3. The Hall–Kier alpha value is -6.31. The first-order valence-electron chi connectivity index (χ1n) is 17.0. The van der Waals surface area contributed by atoms with Gasteiger partial charge < -0.3 is 30.9 Å².